The van der Waals surface area contributed by atoms with E-state index in [-0.39, 0.29) is 17.6 Å². The number of amides is 1. The standard InChI is InChI=1S/C20H20FN5O/c1-13(15-3-6-17(21)7-4-15)11-22-20-10-8-18(25-26-20)16-5-9-19(23-12-16)24-14(2)27/h3-10,12-13H,11H2,1-2H3,(H,22,26)(H,23,24,27). The van der Waals surface area contributed by atoms with Gasteiger partial charge in [-0.2, -0.15) is 0 Å². The van der Waals surface area contributed by atoms with Crippen molar-refractivity contribution >= 4 is 17.5 Å². The van der Waals surface area contributed by atoms with E-state index < -0.39 is 0 Å². The molecule has 0 fully saturated rings. The summed E-state index contributed by atoms with van der Waals surface area (Å²) >= 11 is 0. The Labute approximate surface area is 156 Å². The Hall–Kier alpha value is -3.35. The van der Waals surface area contributed by atoms with E-state index >= 15 is 0 Å². The van der Waals surface area contributed by atoms with Crippen LogP contribution >= 0.6 is 0 Å². The topological polar surface area (TPSA) is 79.8 Å². The molecule has 0 radical (unpaired) electrons. The number of carbonyl (C=O) groups is 1. The van der Waals surface area contributed by atoms with Crippen molar-refractivity contribution in [3.63, 3.8) is 0 Å². The number of halogens is 1. The molecule has 2 aromatic heterocycles. The van der Waals surface area contributed by atoms with Crippen LogP contribution in [0.4, 0.5) is 16.0 Å². The van der Waals surface area contributed by atoms with Gasteiger partial charge in [0.15, 0.2) is 0 Å². The molecule has 0 aliphatic carbocycles. The summed E-state index contributed by atoms with van der Waals surface area (Å²) in [6.07, 6.45) is 1.64. The summed E-state index contributed by atoms with van der Waals surface area (Å²) in [6.45, 7) is 4.15. The molecule has 1 unspecified atom stereocenters. The molecule has 0 aliphatic heterocycles. The smallest absolute Gasteiger partial charge is 0.222 e. The lowest BCUT2D eigenvalue weighted by Gasteiger charge is -2.13. The van der Waals surface area contributed by atoms with E-state index in [2.05, 4.69) is 32.7 Å². The van der Waals surface area contributed by atoms with Gasteiger partial charge in [0.25, 0.3) is 0 Å². The number of nitrogens with one attached hydrogen (secondary N) is 2. The third-order valence-corrected chi connectivity index (χ3v) is 4.06. The van der Waals surface area contributed by atoms with Crippen molar-refractivity contribution in [3.8, 4) is 11.3 Å². The van der Waals surface area contributed by atoms with Crippen LogP contribution in [0.1, 0.15) is 25.3 Å². The van der Waals surface area contributed by atoms with Crippen LogP contribution in [0.2, 0.25) is 0 Å². The summed E-state index contributed by atoms with van der Waals surface area (Å²) in [5.74, 6) is 0.959. The highest BCUT2D eigenvalue weighted by Gasteiger charge is 2.07. The van der Waals surface area contributed by atoms with Crippen LogP contribution < -0.4 is 10.6 Å². The van der Waals surface area contributed by atoms with Crippen LogP contribution in [0.15, 0.2) is 54.7 Å². The average Bonchev–Trinajstić information content (AvgIpc) is 2.67. The van der Waals surface area contributed by atoms with Gasteiger partial charge in [-0.3, -0.25) is 4.79 Å². The van der Waals surface area contributed by atoms with Crippen LogP contribution in [0.5, 0.6) is 0 Å². The monoisotopic (exact) mass is 365 g/mol. The summed E-state index contributed by atoms with van der Waals surface area (Å²) in [5, 5.41) is 14.3. The maximum absolute atomic E-state index is 13.0. The lowest BCUT2D eigenvalue weighted by molar-refractivity contribution is -0.114. The Kier molecular flexibility index (Phi) is 5.71. The Morgan fingerprint density at radius 3 is 2.37 bits per heavy atom. The highest BCUT2D eigenvalue weighted by molar-refractivity contribution is 5.87. The van der Waals surface area contributed by atoms with Gasteiger partial charge in [-0.05, 0) is 47.9 Å². The van der Waals surface area contributed by atoms with Crippen molar-refractivity contribution in [2.45, 2.75) is 19.8 Å². The molecule has 0 saturated heterocycles. The quantitative estimate of drug-likeness (QED) is 0.693. The van der Waals surface area contributed by atoms with Gasteiger partial charge in [0.05, 0.1) is 5.69 Å². The zero-order valence-electron chi connectivity index (χ0n) is 15.1. The minimum atomic E-state index is -0.236. The molecule has 0 aliphatic rings. The fourth-order valence-corrected chi connectivity index (χ4v) is 2.55. The molecule has 3 rings (SSSR count). The predicted octanol–water partition coefficient (Wildman–Crippen LogP) is 3.85. The molecule has 1 amide bonds. The highest BCUT2D eigenvalue weighted by Crippen LogP contribution is 2.19. The Morgan fingerprint density at radius 1 is 1.04 bits per heavy atom. The van der Waals surface area contributed by atoms with Crippen LogP contribution in [-0.4, -0.2) is 27.6 Å². The first-order valence-electron chi connectivity index (χ1n) is 8.58. The highest BCUT2D eigenvalue weighted by atomic mass is 19.1. The van der Waals surface area contributed by atoms with Crippen molar-refractivity contribution < 1.29 is 9.18 Å². The van der Waals surface area contributed by atoms with Crippen LogP contribution in [0, 0.1) is 5.82 Å². The lowest BCUT2D eigenvalue weighted by atomic mass is 10.0. The Morgan fingerprint density at radius 2 is 1.78 bits per heavy atom. The molecule has 27 heavy (non-hydrogen) atoms. The van der Waals surface area contributed by atoms with E-state index in [9.17, 15) is 9.18 Å². The zero-order valence-corrected chi connectivity index (χ0v) is 15.1. The first-order valence-corrected chi connectivity index (χ1v) is 8.58. The molecular formula is C20H20FN5O. The molecule has 0 bridgehead atoms. The Balaban J connectivity index is 1.60. The van der Waals surface area contributed by atoms with Crippen molar-refractivity contribution in [3.05, 3.63) is 66.1 Å². The summed E-state index contributed by atoms with van der Waals surface area (Å²) in [5.41, 5.74) is 2.55. The first kappa shape index (κ1) is 18.4. The lowest BCUT2D eigenvalue weighted by Crippen LogP contribution is -2.11. The second-order valence-electron chi connectivity index (χ2n) is 6.25. The molecule has 2 heterocycles. The predicted molar refractivity (Wildman–Crippen MR) is 103 cm³/mol. The van der Waals surface area contributed by atoms with Gasteiger partial charge < -0.3 is 10.6 Å². The minimum absolute atomic E-state index is 0.166. The van der Waals surface area contributed by atoms with E-state index in [4.69, 9.17) is 0 Å². The molecular weight excluding hydrogens is 345 g/mol. The van der Waals surface area contributed by atoms with Gasteiger partial charge in [-0.1, -0.05) is 19.1 Å². The summed E-state index contributed by atoms with van der Waals surface area (Å²) in [7, 11) is 0. The number of hydrogen-bond donors (Lipinski definition) is 2. The number of benzene rings is 1. The van der Waals surface area contributed by atoms with Crippen LogP contribution in [0.3, 0.4) is 0 Å². The number of nitrogens with zero attached hydrogens (tertiary/aromatic N) is 3. The second kappa shape index (κ2) is 8.35. The molecule has 1 atom stereocenters. The third kappa shape index (κ3) is 5.07. The number of carbonyl (C=O) groups excluding carboxylic acids is 1. The molecule has 0 saturated carbocycles. The summed E-state index contributed by atoms with van der Waals surface area (Å²) < 4.78 is 13.0. The number of hydrogen-bond acceptors (Lipinski definition) is 5. The van der Waals surface area contributed by atoms with Gasteiger partial charge in [0, 0.05) is 25.2 Å². The summed E-state index contributed by atoms with van der Waals surface area (Å²) in [6, 6.07) is 13.7. The first-order chi connectivity index (χ1) is 13.0. The van der Waals surface area contributed by atoms with E-state index in [0.717, 1.165) is 11.1 Å². The number of anilines is 2. The van der Waals surface area contributed by atoms with E-state index in [0.29, 0.717) is 23.9 Å². The van der Waals surface area contributed by atoms with Gasteiger partial charge in [-0.15, -0.1) is 10.2 Å². The summed E-state index contributed by atoms with van der Waals surface area (Å²) in [4.78, 5) is 15.2. The van der Waals surface area contributed by atoms with Crippen LogP contribution in [-0.2, 0) is 4.79 Å². The Bertz CT molecular complexity index is 895. The SMILES string of the molecule is CC(=O)Nc1ccc(-c2ccc(NCC(C)c3ccc(F)cc3)nn2)cn1. The van der Waals surface area contributed by atoms with E-state index in [1.165, 1.54) is 19.1 Å². The molecule has 3 aromatic rings. The van der Waals surface area contributed by atoms with Crippen molar-refractivity contribution in [1.29, 1.82) is 0 Å². The fourth-order valence-electron chi connectivity index (χ4n) is 2.55. The molecule has 1 aromatic carbocycles. The third-order valence-electron chi connectivity index (χ3n) is 4.06. The van der Waals surface area contributed by atoms with Gasteiger partial charge >= 0.3 is 0 Å². The largest absolute Gasteiger partial charge is 0.368 e. The normalized spacial score (nSPS) is 11.7. The maximum atomic E-state index is 13.0. The van der Waals surface area contributed by atoms with E-state index in [1.807, 2.05) is 18.2 Å². The van der Waals surface area contributed by atoms with Gasteiger partial charge in [0.2, 0.25) is 5.91 Å². The van der Waals surface area contributed by atoms with E-state index in [1.54, 1.807) is 24.4 Å². The maximum Gasteiger partial charge on any atom is 0.222 e. The van der Waals surface area contributed by atoms with Gasteiger partial charge in [0.1, 0.15) is 17.5 Å². The fraction of sp³-hybridized carbons (Fsp3) is 0.200. The zero-order chi connectivity index (χ0) is 19.2. The van der Waals surface area contributed by atoms with Crippen molar-refractivity contribution in [2.75, 3.05) is 17.2 Å². The molecule has 6 nitrogen and oxygen atoms in total. The molecule has 2 N–H and O–H groups in total. The number of pyridine rings is 1. The minimum Gasteiger partial charge on any atom is -0.368 e. The van der Waals surface area contributed by atoms with Crippen LogP contribution in [0.25, 0.3) is 11.3 Å². The molecule has 0 spiro atoms. The number of rotatable bonds is 6. The molecule has 7 heteroatoms. The van der Waals surface area contributed by atoms with Crippen molar-refractivity contribution in [1.82, 2.24) is 15.2 Å². The van der Waals surface area contributed by atoms with Crippen molar-refractivity contribution in [2.24, 2.45) is 0 Å². The molecule has 138 valence electrons. The van der Waals surface area contributed by atoms with Gasteiger partial charge in [-0.25, -0.2) is 9.37 Å². The number of aromatic nitrogens is 3. The second-order valence-corrected chi connectivity index (χ2v) is 6.25. The average molecular weight is 365 g/mol.